The highest BCUT2D eigenvalue weighted by atomic mass is 35.5. The van der Waals surface area contributed by atoms with Gasteiger partial charge in [-0.3, -0.25) is 4.79 Å². The number of amides is 1. The van der Waals surface area contributed by atoms with E-state index in [-0.39, 0.29) is 18.1 Å². The highest BCUT2D eigenvalue weighted by Gasteiger charge is 2.36. The number of ether oxygens (including phenoxy) is 1. The summed E-state index contributed by atoms with van der Waals surface area (Å²) < 4.78 is 5.74. The van der Waals surface area contributed by atoms with Crippen LogP contribution in [-0.4, -0.2) is 48.1 Å². The molecule has 19 heavy (non-hydrogen) atoms. The van der Waals surface area contributed by atoms with Crippen LogP contribution in [0.2, 0.25) is 5.02 Å². The van der Waals surface area contributed by atoms with Gasteiger partial charge in [-0.25, -0.2) is 4.98 Å². The Balaban J connectivity index is 1.83. The number of carbonyl (C=O) groups excluding carboxylic acids is 1. The second kappa shape index (κ2) is 4.98. The summed E-state index contributed by atoms with van der Waals surface area (Å²) in [5.74, 6) is 0.605. The highest BCUT2D eigenvalue weighted by Crippen LogP contribution is 2.28. The Kier molecular flexibility index (Phi) is 3.33. The van der Waals surface area contributed by atoms with E-state index >= 15 is 0 Å². The molecule has 0 radical (unpaired) electrons. The van der Waals surface area contributed by atoms with Gasteiger partial charge in [-0.05, 0) is 18.9 Å². The molecule has 1 amide bonds. The predicted octanol–water partition coefficient (Wildman–Crippen LogP) is 1.78. The van der Waals surface area contributed by atoms with E-state index in [1.54, 1.807) is 13.1 Å². The summed E-state index contributed by atoms with van der Waals surface area (Å²) in [4.78, 5) is 18.5. The number of hydrogen-bond donors (Lipinski definition) is 1. The van der Waals surface area contributed by atoms with Crippen molar-refractivity contribution in [2.45, 2.75) is 25.0 Å². The average Bonchev–Trinajstić information content (AvgIpc) is 2.77. The van der Waals surface area contributed by atoms with Crippen LogP contribution in [0.25, 0.3) is 0 Å². The van der Waals surface area contributed by atoms with Crippen LogP contribution in [0.3, 0.4) is 0 Å². The molecular formula is C13H16ClN3O2. The number of likely N-dealkylation sites (tertiary alicyclic amines) is 1. The molecule has 3 heterocycles. The van der Waals surface area contributed by atoms with E-state index in [2.05, 4.69) is 10.3 Å². The van der Waals surface area contributed by atoms with Gasteiger partial charge in [-0.2, -0.15) is 0 Å². The number of halogens is 1. The van der Waals surface area contributed by atoms with Crippen molar-refractivity contribution in [2.24, 2.45) is 0 Å². The van der Waals surface area contributed by atoms with Crippen LogP contribution in [-0.2, 0) is 4.74 Å². The van der Waals surface area contributed by atoms with Crippen molar-refractivity contribution in [3.63, 3.8) is 0 Å². The van der Waals surface area contributed by atoms with Crippen LogP contribution in [0.15, 0.2) is 12.3 Å². The second-order valence-corrected chi connectivity index (χ2v) is 5.37. The summed E-state index contributed by atoms with van der Waals surface area (Å²) >= 11 is 6.09. The summed E-state index contributed by atoms with van der Waals surface area (Å²) in [6, 6.07) is 1.70. The second-order valence-electron chi connectivity index (χ2n) is 4.97. The van der Waals surface area contributed by atoms with E-state index < -0.39 is 0 Å². The Morgan fingerprint density at radius 1 is 1.47 bits per heavy atom. The van der Waals surface area contributed by atoms with Crippen molar-refractivity contribution in [1.29, 1.82) is 0 Å². The van der Waals surface area contributed by atoms with Gasteiger partial charge in [0.1, 0.15) is 5.82 Å². The van der Waals surface area contributed by atoms with Crippen molar-refractivity contribution in [3.8, 4) is 0 Å². The first kappa shape index (κ1) is 12.7. The number of nitrogens with zero attached hydrogens (tertiary/aromatic N) is 2. The first-order chi connectivity index (χ1) is 9.17. The summed E-state index contributed by atoms with van der Waals surface area (Å²) in [6.07, 6.45) is 3.97. The van der Waals surface area contributed by atoms with Crippen LogP contribution in [0.1, 0.15) is 23.2 Å². The predicted molar refractivity (Wildman–Crippen MR) is 72.6 cm³/mol. The van der Waals surface area contributed by atoms with Crippen molar-refractivity contribution < 1.29 is 9.53 Å². The van der Waals surface area contributed by atoms with Gasteiger partial charge in [0.25, 0.3) is 5.91 Å². The Labute approximate surface area is 116 Å². The maximum absolute atomic E-state index is 12.5. The molecule has 2 aliphatic rings. The SMILES string of the molecule is CNc1cc(C(=O)N2CC3CCC(C2)O3)c(Cl)cn1. The Morgan fingerprint density at radius 3 is 2.79 bits per heavy atom. The quantitative estimate of drug-likeness (QED) is 0.898. The number of hydrogen-bond acceptors (Lipinski definition) is 4. The van der Waals surface area contributed by atoms with Crippen molar-refractivity contribution in [3.05, 3.63) is 22.8 Å². The topological polar surface area (TPSA) is 54.5 Å². The monoisotopic (exact) mass is 281 g/mol. The summed E-state index contributed by atoms with van der Waals surface area (Å²) in [5, 5.41) is 3.31. The Morgan fingerprint density at radius 2 is 2.16 bits per heavy atom. The molecule has 3 rings (SSSR count). The minimum Gasteiger partial charge on any atom is -0.373 e. The number of rotatable bonds is 2. The minimum absolute atomic E-state index is 0.0379. The number of fused-ring (bicyclic) bond motifs is 2. The molecule has 6 heteroatoms. The highest BCUT2D eigenvalue weighted by molar-refractivity contribution is 6.33. The van der Waals surface area contributed by atoms with Crippen LogP contribution >= 0.6 is 11.6 Å². The molecule has 0 saturated carbocycles. The van der Waals surface area contributed by atoms with Gasteiger partial charge in [0, 0.05) is 26.3 Å². The fraction of sp³-hybridized carbons (Fsp3) is 0.538. The van der Waals surface area contributed by atoms with Crippen molar-refractivity contribution in [1.82, 2.24) is 9.88 Å². The van der Waals surface area contributed by atoms with Gasteiger partial charge >= 0.3 is 0 Å². The van der Waals surface area contributed by atoms with E-state index in [1.807, 2.05) is 4.90 Å². The standard InChI is InChI=1S/C13H16ClN3O2/c1-15-12-4-10(11(14)5-16-12)13(18)17-6-8-2-3-9(7-17)19-8/h4-5,8-9H,2-3,6-7H2,1H3,(H,15,16). The van der Waals surface area contributed by atoms with Crippen LogP contribution < -0.4 is 5.32 Å². The van der Waals surface area contributed by atoms with E-state index in [0.29, 0.717) is 29.5 Å². The zero-order valence-corrected chi connectivity index (χ0v) is 11.5. The molecule has 0 spiro atoms. The molecule has 5 nitrogen and oxygen atoms in total. The van der Waals surface area contributed by atoms with Crippen LogP contribution in [0.5, 0.6) is 0 Å². The molecule has 2 atom stereocenters. The molecule has 2 fully saturated rings. The fourth-order valence-corrected chi connectivity index (χ4v) is 2.87. The van der Waals surface area contributed by atoms with Crippen molar-refractivity contribution >= 4 is 23.3 Å². The van der Waals surface area contributed by atoms with Gasteiger partial charge in [-0.15, -0.1) is 0 Å². The molecule has 1 aromatic rings. The van der Waals surface area contributed by atoms with E-state index in [0.717, 1.165) is 12.8 Å². The van der Waals surface area contributed by atoms with E-state index in [9.17, 15) is 4.79 Å². The first-order valence-corrected chi connectivity index (χ1v) is 6.83. The lowest BCUT2D eigenvalue weighted by Crippen LogP contribution is -2.45. The number of carbonyl (C=O) groups is 1. The third kappa shape index (κ3) is 2.40. The maximum Gasteiger partial charge on any atom is 0.255 e. The minimum atomic E-state index is -0.0379. The Hall–Kier alpha value is -1.33. The zero-order valence-electron chi connectivity index (χ0n) is 10.7. The first-order valence-electron chi connectivity index (χ1n) is 6.45. The van der Waals surface area contributed by atoms with Gasteiger partial charge in [0.2, 0.25) is 0 Å². The van der Waals surface area contributed by atoms with Gasteiger partial charge < -0.3 is 15.0 Å². The third-order valence-corrected chi connectivity index (χ3v) is 3.97. The molecule has 1 aromatic heterocycles. The molecule has 1 N–H and O–H groups in total. The van der Waals surface area contributed by atoms with E-state index in [1.165, 1.54) is 6.20 Å². The molecule has 2 unspecified atom stereocenters. The van der Waals surface area contributed by atoms with Gasteiger partial charge in [0.15, 0.2) is 0 Å². The molecule has 2 saturated heterocycles. The van der Waals surface area contributed by atoms with Gasteiger partial charge in [-0.1, -0.05) is 11.6 Å². The van der Waals surface area contributed by atoms with Crippen LogP contribution in [0.4, 0.5) is 5.82 Å². The Bertz CT molecular complexity index is 497. The molecule has 0 aliphatic carbocycles. The zero-order chi connectivity index (χ0) is 13.4. The average molecular weight is 282 g/mol. The molecular weight excluding hydrogens is 266 g/mol. The number of nitrogens with one attached hydrogen (secondary N) is 1. The number of pyridine rings is 1. The molecule has 2 bridgehead atoms. The molecule has 2 aliphatic heterocycles. The van der Waals surface area contributed by atoms with Gasteiger partial charge in [0.05, 0.1) is 22.8 Å². The lowest BCUT2D eigenvalue weighted by Gasteiger charge is -2.32. The maximum atomic E-state index is 12.5. The van der Waals surface area contributed by atoms with Crippen LogP contribution in [0, 0.1) is 0 Å². The van der Waals surface area contributed by atoms with E-state index in [4.69, 9.17) is 16.3 Å². The lowest BCUT2D eigenvalue weighted by molar-refractivity contribution is -0.0303. The number of aromatic nitrogens is 1. The molecule has 102 valence electrons. The smallest absolute Gasteiger partial charge is 0.255 e. The summed E-state index contributed by atoms with van der Waals surface area (Å²) in [7, 11) is 1.76. The number of morpholine rings is 1. The summed E-state index contributed by atoms with van der Waals surface area (Å²) in [5.41, 5.74) is 0.502. The number of anilines is 1. The normalized spacial score (nSPS) is 25.5. The third-order valence-electron chi connectivity index (χ3n) is 3.67. The lowest BCUT2D eigenvalue weighted by atomic mass is 10.2. The van der Waals surface area contributed by atoms with Crippen molar-refractivity contribution in [2.75, 3.05) is 25.5 Å². The largest absolute Gasteiger partial charge is 0.373 e. The molecule has 0 aromatic carbocycles. The fourth-order valence-electron chi connectivity index (χ4n) is 2.69. The summed E-state index contributed by atoms with van der Waals surface area (Å²) in [6.45, 7) is 1.31.